The van der Waals surface area contributed by atoms with Gasteiger partial charge >= 0.3 is 0 Å². The zero-order chi connectivity index (χ0) is 34.0. The molecule has 2 aliphatic heterocycles. The van der Waals surface area contributed by atoms with Gasteiger partial charge in [0.05, 0.1) is 17.1 Å². The Morgan fingerprint density at radius 2 is 1.72 bits per heavy atom. The molecule has 9 rings (SSSR count). The van der Waals surface area contributed by atoms with Crippen molar-refractivity contribution in [1.29, 1.82) is 0 Å². The number of aromatic nitrogens is 6. The highest BCUT2D eigenvalue weighted by Gasteiger charge is 2.36. The third-order valence-electron chi connectivity index (χ3n) is 10.7. The van der Waals surface area contributed by atoms with Crippen molar-refractivity contribution in [3.8, 4) is 22.9 Å². The lowest BCUT2D eigenvalue weighted by molar-refractivity contribution is -0.133. The van der Waals surface area contributed by atoms with Gasteiger partial charge in [0, 0.05) is 68.3 Å². The van der Waals surface area contributed by atoms with E-state index in [1.54, 1.807) is 10.9 Å². The maximum Gasteiger partial charge on any atom is 0.225 e. The van der Waals surface area contributed by atoms with E-state index in [1.807, 2.05) is 41.4 Å². The number of nitrogen functional groups attached to an aromatic ring is 1. The summed E-state index contributed by atoms with van der Waals surface area (Å²) in [5.41, 5.74) is 12.1. The molecule has 3 N–H and O–H groups in total. The highest BCUT2D eigenvalue weighted by atomic mass is 32.2. The minimum Gasteiger partial charge on any atom is -0.383 e. The summed E-state index contributed by atoms with van der Waals surface area (Å²) in [6.07, 6.45) is 9.61. The fourth-order valence-electron chi connectivity index (χ4n) is 7.71. The topological polar surface area (TPSA) is 157 Å². The SMILES string of the molecule is Nc1ncccc1-c1nc2ccc(-n3ccc(N4CCS(=O)(=O)CC4)n3)nc2n1-c1ccc2c(c1)CC[C@@H]2NC1CCN(C(=O)C2CC2)CC1. The van der Waals surface area contributed by atoms with E-state index in [4.69, 9.17) is 20.8 Å². The van der Waals surface area contributed by atoms with E-state index < -0.39 is 9.84 Å². The van der Waals surface area contributed by atoms with Crippen LogP contribution in [0.15, 0.2) is 60.9 Å². The first kappa shape index (κ1) is 31.2. The summed E-state index contributed by atoms with van der Waals surface area (Å²) in [6, 6.07) is 16.8. The fraction of sp³-hybridized carbons (Fsp3) is 0.417. The number of aryl methyl sites for hydroxylation is 1. The van der Waals surface area contributed by atoms with Crippen LogP contribution in [-0.4, -0.2) is 92.3 Å². The third kappa shape index (κ3) is 5.79. The lowest BCUT2D eigenvalue weighted by Crippen LogP contribution is -2.46. The lowest BCUT2D eigenvalue weighted by Gasteiger charge is -2.34. The number of nitrogens with one attached hydrogen (secondary N) is 1. The quantitative estimate of drug-likeness (QED) is 0.259. The molecule has 1 atom stereocenters. The first-order valence-corrected chi connectivity index (χ1v) is 19.4. The number of nitrogens with zero attached hydrogens (tertiary/aromatic N) is 8. The monoisotopic (exact) mass is 692 g/mol. The first-order chi connectivity index (χ1) is 24.3. The number of nitrogens with two attached hydrogens (primary N) is 1. The van der Waals surface area contributed by atoms with Crippen molar-refractivity contribution in [2.75, 3.05) is 48.3 Å². The normalized spacial score (nSPS) is 20.8. The molecule has 0 unspecified atom stereocenters. The number of pyridine rings is 2. The van der Waals surface area contributed by atoms with Crippen LogP contribution >= 0.6 is 0 Å². The molecule has 0 bridgehead atoms. The Bertz CT molecular complexity index is 2200. The number of sulfone groups is 1. The van der Waals surface area contributed by atoms with Gasteiger partial charge in [0.15, 0.2) is 32.9 Å². The smallest absolute Gasteiger partial charge is 0.225 e. The number of carbonyl (C=O) groups excluding carboxylic acids is 1. The molecule has 3 fully saturated rings. The number of amides is 1. The van der Waals surface area contributed by atoms with E-state index in [1.165, 1.54) is 11.1 Å². The molecule has 4 aliphatic rings. The molecule has 0 spiro atoms. The molecule has 2 aliphatic carbocycles. The summed E-state index contributed by atoms with van der Waals surface area (Å²) in [5, 5.41) is 8.69. The Hall–Kier alpha value is -4.82. The summed E-state index contributed by atoms with van der Waals surface area (Å²) >= 11 is 0. The second-order valence-electron chi connectivity index (χ2n) is 14.0. The largest absolute Gasteiger partial charge is 0.383 e. The van der Waals surface area contributed by atoms with Crippen molar-refractivity contribution >= 4 is 38.5 Å². The molecular formula is C36H40N10O3S. The molecule has 0 radical (unpaired) electrons. The van der Waals surface area contributed by atoms with Crippen molar-refractivity contribution in [2.24, 2.45) is 5.92 Å². The molecular weight excluding hydrogens is 653 g/mol. The number of hydrogen-bond donors (Lipinski definition) is 2. The molecule has 50 heavy (non-hydrogen) atoms. The van der Waals surface area contributed by atoms with Crippen molar-refractivity contribution < 1.29 is 13.2 Å². The fourth-order valence-corrected chi connectivity index (χ4v) is 8.92. The van der Waals surface area contributed by atoms with Gasteiger partial charge < -0.3 is 20.9 Å². The highest BCUT2D eigenvalue weighted by molar-refractivity contribution is 7.91. The number of rotatable bonds is 7. The van der Waals surface area contributed by atoms with E-state index in [0.717, 1.165) is 68.7 Å². The van der Waals surface area contributed by atoms with Crippen molar-refractivity contribution in [3.05, 3.63) is 72.1 Å². The summed E-state index contributed by atoms with van der Waals surface area (Å²) in [7, 11) is -2.99. The van der Waals surface area contributed by atoms with Gasteiger partial charge in [-0.05, 0) is 86.1 Å². The molecule has 6 heterocycles. The summed E-state index contributed by atoms with van der Waals surface area (Å²) in [5.74, 6) is 3.29. The zero-order valence-electron chi connectivity index (χ0n) is 27.8. The molecule has 13 nitrogen and oxygen atoms in total. The van der Waals surface area contributed by atoms with Crippen molar-refractivity contribution in [3.63, 3.8) is 0 Å². The number of fused-ring (bicyclic) bond motifs is 2. The number of anilines is 2. The Morgan fingerprint density at radius 3 is 2.50 bits per heavy atom. The van der Waals surface area contributed by atoms with E-state index >= 15 is 0 Å². The van der Waals surface area contributed by atoms with Crippen LogP contribution in [0.5, 0.6) is 0 Å². The number of hydrogen-bond acceptors (Lipinski definition) is 10. The Labute approximate surface area is 290 Å². The van der Waals surface area contributed by atoms with E-state index in [9.17, 15) is 13.2 Å². The zero-order valence-corrected chi connectivity index (χ0v) is 28.6. The van der Waals surface area contributed by atoms with E-state index in [-0.39, 0.29) is 23.5 Å². The van der Waals surface area contributed by atoms with Crippen molar-refractivity contribution in [1.82, 2.24) is 39.5 Å². The number of piperidine rings is 1. The summed E-state index contributed by atoms with van der Waals surface area (Å²) < 4.78 is 27.7. The van der Waals surface area contributed by atoms with Gasteiger partial charge in [-0.1, -0.05) is 6.07 Å². The number of benzene rings is 1. The lowest BCUT2D eigenvalue weighted by atomic mass is 10.0. The van der Waals surface area contributed by atoms with Gasteiger partial charge in [-0.3, -0.25) is 9.36 Å². The van der Waals surface area contributed by atoms with Crippen molar-refractivity contribution in [2.45, 2.75) is 50.6 Å². The highest BCUT2D eigenvalue weighted by Crippen LogP contribution is 2.37. The summed E-state index contributed by atoms with van der Waals surface area (Å²) in [4.78, 5) is 31.1. The van der Waals surface area contributed by atoms with Gasteiger partial charge in [-0.25, -0.2) is 28.1 Å². The van der Waals surface area contributed by atoms with Crippen LogP contribution in [0.3, 0.4) is 0 Å². The van der Waals surface area contributed by atoms with Crippen LogP contribution in [-0.2, 0) is 21.1 Å². The average molecular weight is 693 g/mol. The predicted molar refractivity (Wildman–Crippen MR) is 191 cm³/mol. The Balaban J connectivity index is 1.02. The van der Waals surface area contributed by atoms with Crippen LogP contribution in [0, 0.1) is 5.92 Å². The van der Waals surface area contributed by atoms with E-state index in [0.29, 0.717) is 53.7 Å². The standard InChI is InChI=1S/C36H40N10O3S/c37-33-28(2-1-14-38-33)34-40-30-9-10-31(45-17-13-32(42-45)43-18-20-50(48,49)21-19-43)41-35(30)46(34)26-6-7-27-24(22-26)5-8-29(27)39-25-11-15-44(16-12-25)36(47)23-3-4-23/h1-2,6-7,9-10,13-14,17,22-23,25,29,39H,3-5,8,11-12,15-16,18-21H2,(H2,37,38)/t29-/m0/s1. The van der Waals surface area contributed by atoms with Crippen LogP contribution < -0.4 is 16.0 Å². The maximum absolute atomic E-state index is 12.6. The van der Waals surface area contributed by atoms with Gasteiger partial charge in [0.1, 0.15) is 11.3 Å². The van der Waals surface area contributed by atoms with Gasteiger partial charge in [-0.15, -0.1) is 5.10 Å². The number of likely N-dealkylation sites (tertiary alicyclic amines) is 1. The molecule has 1 amide bonds. The Morgan fingerprint density at radius 1 is 0.900 bits per heavy atom. The molecule has 5 aromatic rings. The minimum absolute atomic E-state index is 0.128. The van der Waals surface area contributed by atoms with Gasteiger partial charge in [0.2, 0.25) is 5.91 Å². The van der Waals surface area contributed by atoms with Crippen LogP contribution in [0.1, 0.15) is 49.3 Å². The Kier molecular flexibility index (Phi) is 7.61. The van der Waals surface area contributed by atoms with Crippen LogP contribution in [0.25, 0.3) is 34.1 Å². The van der Waals surface area contributed by atoms with Crippen LogP contribution in [0.4, 0.5) is 11.6 Å². The number of carbonyl (C=O) groups is 1. The van der Waals surface area contributed by atoms with Crippen LogP contribution in [0.2, 0.25) is 0 Å². The average Bonchev–Trinajstić information content (AvgIpc) is 3.54. The molecule has 2 saturated heterocycles. The molecule has 4 aromatic heterocycles. The molecule has 14 heteroatoms. The first-order valence-electron chi connectivity index (χ1n) is 17.6. The molecule has 258 valence electrons. The molecule has 1 aromatic carbocycles. The van der Waals surface area contributed by atoms with E-state index in [2.05, 4.69) is 38.0 Å². The second-order valence-corrected chi connectivity index (χ2v) is 16.3. The number of imidazole rings is 1. The molecule has 1 saturated carbocycles. The predicted octanol–water partition coefficient (Wildman–Crippen LogP) is 3.46. The summed E-state index contributed by atoms with van der Waals surface area (Å²) in [6.45, 7) is 2.53. The third-order valence-corrected chi connectivity index (χ3v) is 12.3. The maximum atomic E-state index is 12.6. The van der Waals surface area contributed by atoms with Gasteiger partial charge in [0.25, 0.3) is 0 Å². The second kappa shape index (κ2) is 12.2. The van der Waals surface area contributed by atoms with Gasteiger partial charge in [-0.2, -0.15) is 0 Å². The minimum atomic E-state index is -2.99.